The average molecular weight is 538 g/mol. The number of cyclic esters (lactones) is 1. The van der Waals surface area contributed by atoms with Gasteiger partial charge in [0.1, 0.15) is 11.9 Å². The van der Waals surface area contributed by atoms with Crippen LogP contribution in [0.25, 0.3) is 6.08 Å². The number of nitrogens with zero attached hydrogens (tertiary/aromatic N) is 1. The number of fused-ring (bicyclic) bond motifs is 1. The van der Waals surface area contributed by atoms with Crippen LogP contribution < -0.4 is 4.48 Å². The number of rotatable bonds is 4. The van der Waals surface area contributed by atoms with Crippen molar-refractivity contribution in [1.82, 2.24) is 0 Å². The van der Waals surface area contributed by atoms with Crippen LogP contribution in [0.1, 0.15) is 84.3 Å². The van der Waals surface area contributed by atoms with Crippen LogP contribution in [0.4, 0.5) is 0 Å². The zero-order valence-electron chi connectivity index (χ0n) is 23.7. The summed E-state index contributed by atoms with van der Waals surface area (Å²) >= 11 is 1.54. The number of aromatic nitrogens is 1. The Bertz CT molecular complexity index is 1050. The molecule has 2 fully saturated rings. The van der Waals surface area contributed by atoms with Crippen LogP contribution in [0, 0.1) is 24.2 Å². The van der Waals surface area contributed by atoms with Crippen LogP contribution in [0.5, 0.6) is 0 Å². The van der Waals surface area contributed by atoms with Gasteiger partial charge in [-0.2, -0.15) is 0 Å². The molecule has 2 aliphatic rings. The highest BCUT2D eigenvalue weighted by Crippen LogP contribution is 2.45. The summed E-state index contributed by atoms with van der Waals surface area (Å²) in [5.41, 5.74) is 0.278. The van der Waals surface area contributed by atoms with Crippen molar-refractivity contribution in [2.75, 3.05) is 0 Å². The Kier molecular flexibility index (Phi) is 10.2. The third kappa shape index (κ3) is 6.83. The van der Waals surface area contributed by atoms with E-state index in [0.29, 0.717) is 6.42 Å². The number of carbonyl (C=O) groups excluding carboxylic acids is 2. The second-order valence-electron chi connectivity index (χ2n) is 11.7. The summed E-state index contributed by atoms with van der Waals surface area (Å²) in [6.45, 7) is 13.2. The molecule has 1 aromatic rings. The van der Waals surface area contributed by atoms with E-state index in [4.69, 9.17) is 42.9 Å². The van der Waals surface area contributed by atoms with Crippen LogP contribution >= 0.6 is 11.3 Å². The molecule has 0 aliphatic carbocycles. The average Bonchev–Trinajstić information content (AvgIpc) is 3.39. The van der Waals surface area contributed by atoms with Gasteiger partial charge < -0.3 is 18.8 Å². The summed E-state index contributed by atoms with van der Waals surface area (Å²) in [5, 5.41) is 2.92. The molecule has 0 spiro atoms. The van der Waals surface area contributed by atoms with Gasteiger partial charge in [0.2, 0.25) is 5.01 Å². The first-order valence-corrected chi connectivity index (χ1v) is 14.2. The summed E-state index contributed by atoms with van der Waals surface area (Å²) < 4.78 is 24.2. The van der Waals surface area contributed by atoms with E-state index >= 15 is 0 Å². The number of ketones is 1. The van der Waals surface area contributed by atoms with Gasteiger partial charge >= 0.3 is 14.0 Å². The van der Waals surface area contributed by atoms with Crippen molar-refractivity contribution in [3.05, 3.63) is 21.7 Å². The molecule has 38 heavy (non-hydrogen) atoms. The number of Topliss-reactive ketones (excluding diaryl/α,β-unsaturated/α-hetero) is 1. The molecule has 11 heteroatoms. The summed E-state index contributed by atoms with van der Waals surface area (Å²) in [6.07, 6.45) is 2.83. The van der Waals surface area contributed by atoms with Crippen LogP contribution in [0.3, 0.4) is 0 Å². The van der Waals surface area contributed by atoms with Gasteiger partial charge in [-0.15, -0.1) is 0 Å². The maximum Gasteiger partial charge on any atom is 0.587 e. The molecule has 0 saturated carbocycles. The largest absolute Gasteiger partial charge is 0.587 e. The lowest BCUT2D eigenvalue weighted by atomic mass is 9.72. The first-order valence-electron chi connectivity index (χ1n) is 13.3. The standard InChI is InChI=1S/C27H39B3NO6S/c1-15-9-8-10-27(7)22(35-27)12-20(16(2)11-19-14-38-18(4)31(19)28)34-23(32)13-21(36-29)26(5,6)25(33)17(3)24(15)37-30/h11,14-15,17,20-22,24H,8-10,12-13H2,1-7H3/q+1/b16-11+/t15-,17+,20-,21-,22?,24-,27+/m0/s1. The van der Waals surface area contributed by atoms with Gasteiger partial charge in [0.25, 0.3) is 16.1 Å². The third-order valence-corrected chi connectivity index (χ3v) is 9.40. The second kappa shape index (κ2) is 12.4. The number of esters is 1. The lowest BCUT2D eigenvalue weighted by Crippen LogP contribution is -2.47. The number of epoxide rings is 1. The Balaban J connectivity index is 1.92. The van der Waals surface area contributed by atoms with Gasteiger partial charge in [-0.05, 0) is 38.2 Å². The first-order chi connectivity index (χ1) is 17.7. The smallest absolute Gasteiger partial charge is 0.458 e. The van der Waals surface area contributed by atoms with Gasteiger partial charge in [0.15, 0.2) is 5.69 Å². The van der Waals surface area contributed by atoms with E-state index in [1.165, 1.54) is 0 Å². The maximum atomic E-state index is 13.6. The van der Waals surface area contributed by atoms with Gasteiger partial charge in [0.05, 0.1) is 35.7 Å². The minimum absolute atomic E-state index is 0.0422. The summed E-state index contributed by atoms with van der Waals surface area (Å²) in [5.74, 6) is -1.13. The molecule has 1 aromatic heterocycles. The van der Waals surface area contributed by atoms with E-state index in [9.17, 15) is 9.59 Å². The van der Waals surface area contributed by atoms with Crippen molar-refractivity contribution in [3.63, 3.8) is 0 Å². The van der Waals surface area contributed by atoms with Gasteiger partial charge in [-0.25, -0.2) is 0 Å². The fourth-order valence-corrected chi connectivity index (χ4v) is 6.30. The van der Waals surface area contributed by atoms with Crippen LogP contribution in [0.15, 0.2) is 11.0 Å². The summed E-state index contributed by atoms with van der Waals surface area (Å²) in [4.78, 5) is 26.8. The van der Waals surface area contributed by atoms with E-state index in [0.717, 1.165) is 35.5 Å². The van der Waals surface area contributed by atoms with Crippen LogP contribution in [-0.2, 0) is 28.4 Å². The van der Waals surface area contributed by atoms with E-state index < -0.39 is 35.6 Å². The molecule has 3 heterocycles. The minimum atomic E-state index is -1.08. The summed E-state index contributed by atoms with van der Waals surface area (Å²) in [7, 11) is 17.4. The zero-order valence-corrected chi connectivity index (χ0v) is 24.5. The normalized spacial score (nSPS) is 35.4. The molecule has 0 amide bonds. The molecular formula is C27H39B3NO6S+. The second-order valence-corrected chi connectivity index (χ2v) is 12.8. The monoisotopic (exact) mass is 538 g/mol. The maximum absolute atomic E-state index is 13.6. The first kappa shape index (κ1) is 31.1. The molecule has 3 rings (SSSR count). The topological polar surface area (TPSA) is 78.2 Å². The summed E-state index contributed by atoms with van der Waals surface area (Å²) in [6, 6.07) is 0. The SMILES string of the molecule is [B]O[C@H]1[C@@H](C)CCC[C@@]2(C)OC2C[C@@H](/C(C)=C/c2csc(C)[n+]2[B])OC(=O)C[C@H](O[B])C(C)(C)C(=O)[C@@H]1C. The number of ether oxygens (including phenoxy) is 2. The van der Waals surface area contributed by atoms with E-state index in [2.05, 4.69) is 6.92 Å². The predicted octanol–water partition coefficient (Wildman–Crippen LogP) is 3.52. The van der Waals surface area contributed by atoms with Crippen molar-refractivity contribution in [1.29, 1.82) is 0 Å². The Hall–Kier alpha value is -1.42. The lowest BCUT2D eigenvalue weighted by Gasteiger charge is -2.38. The Morgan fingerprint density at radius 1 is 1.21 bits per heavy atom. The number of hydrogen-bond acceptors (Lipinski definition) is 7. The highest BCUT2D eigenvalue weighted by molar-refractivity contribution is 7.09. The third-order valence-electron chi connectivity index (χ3n) is 8.50. The molecule has 7 atom stereocenters. The highest BCUT2D eigenvalue weighted by Gasteiger charge is 2.53. The number of aryl methyl sites for hydroxylation is 1. The molecule has 0 N–H and O–H groups in total. The fourth-order valence-electron chi connectivity index (χ4n) is 5.61. The Morgan fingerprint density at radius 2 is 1.89 bits per heavy atom. The van der Waals surface area contributed by atoms with E-state index in [-0.39, 0.29) is 29.8 Å². The van der Waals surface area contributed by atoms with Crippen molar-refractivity contribution in [2.24, 2.45) is 17.3 Å². The number of hydrogen-bond donors (Lipinski definition) is 0. The highest BCUT2D eigenvalue weighted by atomic mass is 32.1. The number of thiazole rings is 1. The molecule has 202 valence electrons. The van der Waals surface area contributed by atoms with Gasteiger partial charge in [0, 0.05) is 30.8 Å². The van der Waals surface area contributed by atoms with Gasteiger partial charge in [-0.1, -0.05) is 45.5 Å². The van der Waals surface area contributed by atoms with Crippen molar-refractivity contribution >= 4 is 53.2 Å². The van der Waals surface area contributed by atoms with E-state index in [1.807, 2.05) is 32.2 Å². The van der Waals surface area contributed by atoms with Gasteiger partial charge in [-0.3, -0.25) is 14.1 Å². The minimum Gasteiger partial charge on any atom is -0.458 e. The molecule has 1 unspecified atom stereocenters. The molecule has 0 aromatic carbocycles. The molecule has 6 radical (unpaired) electrons. The van der Waals surface area contributed by atoms with E-state index in [1.54, 1.807) is 36.6 Å². The van der Waals surface area contributed by atoms with Crippen LogP contribution in [0.2, 0.25) is 0 Å². The fraction of sp³-hybridized carbons (Fsp3) is 0.741. The lowest BCUT2D eigenvalue weighted by molar-refractivity contribution is -0.525. The Labute approximate surface area is 235 Å². The molecule has 0 bridgehead atoms. The van der Waals surface area contributed by atoms with Crippen molar-refractivity contribution < 1.29 is 32.8 Å². The van der Waals surface area contributed by atoms with Crippen LogP contribution in [-0.4, -0.2) is 65.8 Å². The van der Waals surface area contributed by atoms with Crippen molar-refractivity contribution in [2.45, 2.75) is 111 Å². The predicted molar refractivity (Wildman–Crippen MR) is 149 cm³/mol. The molecule has 2 aliphatic heterocycles. The molecule has 7 nitrogen and oxygen atoms in total. The zero-order chi connectivity index (χ0) is 28.4. The molecule has 2 saturated heterocycles. The number of carbonyl (C=O) groups is 2. The quantitative estimate of drug-likeness (QED) is 0.332. The molecular weight excluding hydrogens is 499 g/mol. The van der Waals surface area contributed by atoms with Crippen molar-refractivity contribution in [3.8, 4) is 0 Å². The Morgan fingerprint density at radius 3 is 2.47 bits per heavy atom.